The van der Waals surface area contributed by atoms with E-state index in [1.165, 1.54) is 16.4 Å². The smallest absolute Gasteiger partial charge is 0.307 e. The molecule has 0 atom stereocenters. The molecule has 1 aliphatic heterocycles. The number of halogens is 1. The Hall–Kier alpha value is -3.07. The summed E-state index contributed by atoms with van der Waals surface area (Å²) in [6.45, 7) is 0.665. The van der Waals surface area contributed by atoms with E-state index in [0.717, 1.165) is 68.8 Å². The van der Waals surface area contributed by atoms with Crippen LogP contribution in [0.3, 0.4) is 0 Å². The van der Waals surface area contributed by atoms with Crippen LogP contribution in [0, 0.1) is 16.0 Å². The van der Waals surface area contributed by atoms with Crippen LogP contribution in [0.2, 0.25) is 5.02 Å². The summed E-state index contributed by atoms with van der Waals surface area (Å²) in [5, 5.41) is 18.6. The van der Waals surface area contributed by atoms with Crippen LogP contribution in [0.15, 0.2) is 29.4 Å². The Bertz CT molecular complexity index is 1560. The topological polar surface area (TPSA) is 186 Å². The van der Waals surface area contributed by atoms with Gasteiger partial charge < -0.3 is 16.4 Å². The van der Waals surface area contributed by atoms with Crippen LogP contribution in [0.1, 0.15) is 64.2 Å². The number of aromatic amines is 2. The van der Waals surface area contributed by atoms with E-state index in [4.69, 9.17) is 27.3 Å². The molecule has 3 fully saturated rings. The molecule has 3 heterocycles. The van der Waals surface area contributed by atoms with E-state index in [2.05, 4.69) is 20.6 Å². The fourth-order valence-corrected chi connectivity index (χ4v) is 8.62. The third kappa shape index (κ3) is 5.64. The second kappa shape index (κ2) is 11.5. The Balaban J connectivity index is 1.20. The molecule has 0 radical (unpaired) electrons. The van der Waals surface area contributed by atoms with Gasteiger partial charge in [0.25, 0.3) is 5.69 Å². The Morgan fingerprint density at radius 1 is 1.12 bits per heavy atom. The first-order valence-corrected chi connectivity index (χ1v) is 16.5. The average molecular weight is 619 g/mol. The van der Waals surface area contributed by atoms with Gasteiger partial charge in [-0.1, -0.05) is 29.4 Å². The Morgan fingerprint density at radius 2 is 1.83 bits per heavy atom. The molecular weight excluding hydrogens is 582 g/mol. The Labute approximate surface area is 249 Å². The molecule has 42 heavy (non-hydrogen) atoms. The first kappa shape index (κ1) is 29.0. The summed E-state index contributed by atoms with van der Waals surface area (Å²) in [6.07, 6.45) is 11.1. The first-order chi connectivity index (χ1) is 20.1. The lowest BCUT2D eigenvalue weighted by molar-refractivity contribution is -0.384. The maximum absolute atomic E-state index is 13.4. The highest BCUT2D eigenvalue weighted by atomic mass is 35.5. The zero-order valence-electron chi connectivity index (χ0n) is 23.3. The van der Waals surface area contributed by atoms with Gasteiger partial charge in [0.1, 0.15) is 5.02 Å². The summed E-state index contributed by atoms with van der Waals surface area (Å²) in [5.41, 5.74) is 6.97. The van der Waals surface area contributed by atoms with Gasteiger partial charge in [-0.3, -0.25) is 15.1 Å². The van der Waals surface area contributed by atoms with E-state index < -0.39 is 20.6 Å². The minimum absolute atomic E-state index is 0.0910. The molecule has 2 aromatic heterocycles. The SMILES string of the molecule is NC1CCC(Nc2nc(NC3(C4CCN(S(=O)(=O)c5ccc(Cl)c([N+](=O)[O-])c5)CC4)CCCC3)c3[nH]c[nH+]c3n2)CC1. The molecule has 1 saturated heterocycles. The van der Waals surface area contributed by atoms with Crippen LogP contribution in [-0.4, -0.2) is 63.3 Å². The molecule has 226 valence electrons. The van der Waals surface area contributed by atoms with E-state index in [-0.39, 0.29) is 33.5 Å². The lowest BCUT2D eigenvalue weighted by Gasteiger charge is -2.43. The van der Waals surface area contributed by atoms with Crippen molar-refractivity contribution in [3.05, 3.63) is 39.7 Å². The molecule has 3 aliphatic rings. The minimum atomic E-state index is -3.90. The number of hydrogen-bond donors (Lipinski definition) is 4. The van der Waals surface area contributed by atoms with E-state index in [1.54, 1.807) is 6.33 Å². The van der Waals surface area contributed by atoms with Gasteiger partial charge in [-0.05, 0) is 69.4 Å². The zero-order chi connectivity index (χ0) is 29.5. The maximum Gasteiger partial charge on any atom is 0.307 e. The number of aromatic nitrogens is 4. The molecule has 0 spiro atoms. The zero-order valence-corrected chi connectivity index (χ0v) is 24.9. The summed E-state index contributed by atoms with van der Waals surface area (Å²) in [7, 11) is -3.90. The predicted octanol–water partition coefficient (Wildman–Crippen LogP) is 3.84. The quantitative estimate of drug-likeness (QED) is 0.215. The lowest BCUT2D eigenvalue weighted by atomic mass is 9.76. The van der Waals surface area contributed by atoms with Gasteiger partial charge in [-0.15, -0.1) is 0 Å². The van der Waals surface area contributed by atoms with Crippen molar-refractivity contribution < 1.29 is 18.3 Å². The van der Waals surface area contributed by atoms with Crippen molar-refractivity contribution in [1.82, 2.24) is 19.3 Å². The third-order valence-electron chi connectivity index (χ3n) is 9.29. The number of fused-ring (bicyclic) bond motifs is 1. The fourth-order valence-electron chi connectivity index (χ4n) is 6.95. The highest BCUT2D eigenvalue weighted by molar-refractivity contribution is 7.89. The van der Waals surface area contributed by atoms with Crippen LogP contribution in [0.25, 0.3) is 11.2 Å². The number of nitrogens with zero attached hydrogens (tertiary/aromatic N) is 4. The molecule has 6 N–H and O–H groups in total. The summed E-state index contributed by atoms with van der Waals surface area (Å²) < 4.78 is 28.3. The normalized spacial score (nSPS) is 23.7. The maximum atomic E-state index is 13.4. The number of anilines is 2. The first-order valence-electron chi connectivity index (χ1n) is 14.7. The van der Waals surface area contributed by atoms with E-state index >= 15 is 0 Å². The molecule has 6 rings (SSSR count). The van der Waals surface area contributed by atoms with E-state index in [9.17, 15) is 18.5 Å². The third-order valence-corrected chi connectivity index (χ3v) is 11.5. The van der Waals surface area contributed by atoms with Crippen molar-refractivity contribution in [3.8, 4) is 0 Å². The number of benzene rings is 1. The van der Waals surface area contributed by atoms with Crippen molar-refractivity contribution in [1.29, 1.82) is 0 Å². The largest absolute Gasteiger partial charge is 0.361 e. The second-order valence-corrected chi connectivity index (χ2v) is 14.2. The van der Waals surface area contributed by atoms with Gasteiger partial charge in [0.2, 0.25) is 15.5 Å². The number of nitro benzene ring substituents is 1. The lowest BCUT2D eigenvalue weighted by Crippen LogP contribution is -2.49. The molecule has 0 unspecified atom stereocenters. The molecule has 2 aliphatic carbocycles. The molecule has 3 aromatic rings. The highest BCUT2D eigenvalue weighted by Crippen LogP contribution is 2.44. The summed E-state index contributed by atoms with van der Waals surface area (Å²) in [6, 6.07) is 4.18. The Kier molecular flexibility index (Phi) is 7.98. The number of nitrogens with two attached hydrogens (primary N) is 1. The molecule has 0 bridgehead atoms. The van der Waals surface area contributed by atoms with Crippen LogP contribution < -0.4 is 21.4 Å². The number of nitrogens with one attached hydrogen (secondary N) is 4. The molecule has 15 heteroatoms. The van der Waals surface area contributed by atoms with Gasteiger partial charge in [-0.2, -0.15) is 9.29 Å². The van der Waals surface area contributed by atoms with E-state index in [0.29, 0.717) is 37.5 Å². The number of piperidine rings is 1. The number of nitro groups is 1. The van der Waals surface area contributed by atoms with Crippen LogP contribution in [0.5, 0.6) is 0 Å². The molecule has 1 aromatic carbocycles. The van der Waals surface area contributed by atoms with Gasteiger partial charge in [0.05, 0.1) is 9.82 Å². The summed E-state index contributed by atoms with van der Waals surface area (Å²) in [5.74, 6) is 1.54. The standard InChI is InChI=1S/C27H36ClN9O4S/c28-21-8-7-20(15-22(21)37(38)39)42(40,41)36-13-9-17(10-14-36)27(11-1-2-12-27)35-25-23-24(31-16-30-23)33-26(34-25)32-19-5-3-18(29)4-6-19/h7-8,15-19H,1-6,9-14,29H2,(H3,30,31,32,33,34,35)/p+1. The van der Waals surface area contributed by atoms with E-state index in [1.807, 2.05) is 0 Å². The summed E-state index contributed by atoms with van der Waals surface area (Å²) >= 11 is 5.91. The van der Waals surface area contributed by atoms with Gasteiger partial charge in [-0.25, -0.2) is 13.4 Å². The molecule has 13 nitrogen and oxygen atoms in total. The monoisotopic (exact) mass is 618 g/mol. The number of H-pyrrole nitrogens is 2. The molecular formula is C27H37ClN9O4S+. The van der Waals surface area contributed by atoms with Crippen LogP contribution >= 0.6 is 11.6 Å². The van der Waals surface area contributed by atoms with Crippen molar-refractivity contribution in [3.63, 3.8) is 0 Å². The van der Waals surface area contributed by atoms with Crippen molar-refractivity contribution >= 4 is 50.2 Å². The van der Waals surface area contributed by atoms with Crippen molar-refractivity contribution in [2.24, 2.45) is 11.7 Å². The Morgan fingerprint density at radius 3 is 2.52 bits per heavy atom. The molecule has 0 amide bonds. The number of hydrogen-bond acceptors (Lipinski definition) is 9. The minimum Gasteiger partial charge on any atom is -0.361 e. The van der Waals surface area contributed by atoms with Crippen LogP contribution in [-0.2, 0) is 10.0 Å². The van der Waals surface area contributed by atoms with Crippen molar-refractivity contribution in [2.75, 3.05) is 23.7 Å². The van der Waals surface area contributed by atoms with Gasteiger partial charge in [0.15, 0.2) is 12.1 Å². The highest BCUT2D eigenvalue weighted by Gasteiger charge is 2.45. The van der Waals surface area contributed by atoms with Crippen LogP contribution in [0.4, 0.5) is 17.5 Å². The predicted molar refractivity (Wildman–Crippen MR) is 159 cm³/mol. The molecule has 2 saturated carbocycles. The summed E-state index contributed by atoms with van der Waals surface area (Å²) in [4.78, 5) is 26.6. The van der Waals surface area contributed by atoms with Gasteiger partial charge in [0, 0.05) is 36.8 Å². The average Bonchev–Trinajstić information content (AvgIpc) is 3.65. The number of sulfonamides is 1. The van der Waals surface area contributed by atoms with Gasteiger partial charge >= 0.3 is 11.6 Å². The fraction of sp³-hybridized carbons (Fsp3) is 0.593. The number of imidazole rings is 1. The number of rotatable bonds is 8. The van der Waals surface area contributed by atoms with Crippen molar-refractivity contribution in [2.45, 2.75) is 86.7 Å². The second-order valence-electron chi connectivity index (χ2n) is 11.8.